The molecule has 0 unspecified atom stereocenters. The fraction of sp³-hybridized carbons (Fsp3) is 0.308. The number of thiazole rings is 1. The molecule has 0 aliphatic rings. The van der Waals surface area contributed by atoms with Crippen molar-refractivity contribution in [2.24, 2.45) is 7.05 Å². The molecule has 0 aliphatic heterocycles. The molecule has 0 aliphatic carbocycles. The first-order chi connectivity index (χ1) is 9.81. The summed E-state index contributed by atoms with van der Waals surface area (Å²) in [6, 6.07) is 0. The van der Waals surface area contributed by atoms with Gasteiger partial charge in [0, 0.05) is 25.0 Å². The molecule has 0 saturated carbocycles. The summed E-state index contributed by atoms with van der Waals surface area (Å²) in [6.45, 7) is 4.77. The van der Waals surface area contributed by atoms with Crippen LogP contribution in [0, 0.1) is 13.8 Å². The van der Waals surface area contributed by atoms with Crippen LogP contribution in [0.1, 0.15) is 39.2 Å². The van der Waals surface area contributed by atoms with Crippen LogP contribution in [-0.2, 0) is 11.8 Å². The Morgan fingerprint density at radius 3 is 2.43 bits per heavy atom. The zero-order chi connectivity index (χ0) is 15.7. The van der Waals surface area contributed by atoms with Crippen molar-refractivity contribution >= 4 is 33.9 Å². The van der Waals surface area contributed by atoms with E-state index in [1.807, 2.05) is 0 Å². The van der Waals surface area contributed by atoms with Crippen molar-refractivity contribution in [3.63, 3.8) is 0 Å². The van der Waals surface area contributed by atoms with Gasteiger partial charge >= 0.3 is 0 Å². The Morgan fingerprint density at radius 1 is 1.29 bits per heavy atom. The summed E-state index contributed by atoms with van der Waals surface area (Å²) in [5.74, 6) is -1.66. The number of rotatable bonds is 4. The van der Waals surface area contributed by atoms with Gasteiger partial charge in [-0.3, -0.25) is 24.4 Å². The summed E-state index contributed by atoms with van der Waals surface area (Å²) in [7, 11) is 1.71. The van der Waals surface area contributed by atoms with Gasteiger partial charge in [0.1, 0.15) is 5.69 Å². The van der Waals surface area contributed by atoms with Gasteiger partial charge in [0.25, 0.3) is 11.7 Å². The van der Waals surface area contributed by atoms with Crippen LogP contribution in [0.25, 0.3) is 0 Å². The van der Waals surface area contributed by atoms with Gasteiger partial charge in [-0.2, -0.15) is 5.10 Å². The van der Waals surface area contributed by atoms with Crippen LogP contribution in [0.15, 0.2) is 5.38 Å². The van der Waals surface area contributed by atoms with Crippen LogP contribution in [0.4, 0.5) is 5.13 Å². The Labute approximate surface area is 125 Å². The third kappa shape index (κ3) is 2.89. The second-order valence-corrected chi connectivity index (χ2v) is 5.40. The molecule has 7 nitrogen and oxygen atoms in total. The van der Waals surface area contributed by atoms with Gasteiger partial charge in [0.2, 0.25) is 0 Å². The van der Waals surface area contributed by atoms with Crippen molar-refractivity contribution in [3.05, 3.63) is 28.0 Å². The molecule has 2 heterocycles. The molecular weight excluding hydrogens is 292 g/mol. The van der Waals surface area contributed by atoms with Crippen LogP contribution in [-0.4, -0.2) is 32.2 Å². The number of nitrogens with zero attached hydrogens (tertiary/aromatic N) is 3. The average molecular weight is 306 g/mol. The molecule has 21 heavy (non-hydrogen) atoms. The molecule has 0 aromatic carbocycles. The maximum absolute atomic E-state index is 12.2. The van der Waals surface area contributed by atoms with Crippen LogP contribution in [0.3, 0.4) is 0 Å². The van der Waals surface area contributed by atoms with Gasteiger partial charge in [0.05, 0.1) is 11.3 Å². The number of carbonyl (C=O) groups excluding carboxylic acids is 3. The second kappa shape index (κ2) is 5.57. The second-order valence-electron chi connectivity index (χ2n) is 4.55. The van der Waals surface area contributed by atoms with Gasteiger partial charge in [-0.15, -0.1) is 11.3 Å². The Balaban J connectivity index is 2.19. The third-order valence-corrected chi connectivity index (χ3v) is 3.79. The molecule has 0 saturated heterocycles. The highest BCUT2D eigenvalue weighted by atomic mass is 32.1. The number of carbonyl (C=O) groups is 3. The quantitative estimate of drug-likeness (QED) is 0.682. The Morgan fingerprint density at radius 2 is 1.95 bits per heavy atom. The molecule has 1 amide bonds. The number of amides is 1. The largest absolute Gasteiger partial charge is 0.298 e. The first kappa shape index (κ1) is 15.0. The van der Waals surface area contributed by atoms with Crippen molar-refractivity contribution < 1.29 is 14.4 Å². The van der Waals surface area contributed by atoms with E-state index in [2.05, 4.69) is 15.4 Å². The topological polar surface area (TPSA) is 94.0 Å². The first-order valence-corrected chi connectivity index (χ1v) is 7.01. The predicted octanol–water partition coefficient (Wildman–Crippen LogP) is 1.52. The van der Waals surface area contributed by atoms with Crippen molar-refractivity contribution in [1.82, 2.24) is 14.8 Å². The molecule has 2 aromatic heterocycles. The number of hydrogen-bond acceptors (Lipinski definition) is 6. The molecule has 0 atom stereocenters. The van der Waals surface area contributed by atoms with Gasteiger partial charge in [-0.25, -0.2) is 4.98 Å². The number of aryl methyl sites for hydroxylation is 2. The van der Waals surface area contributed by atoms with E-state index in [-0.39, 0.29) is 16.6 Å². The SMILES string of the molecule is CC(=O)c1csc(NC(=O)C(=O)c2c(C)nn(C)c2C)n1. The standard InChI is InChI=1S/C13H14N4O3S/c1-6-10(7(2)17(4)16-6)11(19)12(20)15-13-14-9(5-21-13)8(3)18/h5H,1-4H3,(H,14,15,20). The van der Waals surface area contributed by atoms with Crippen LogP contribution >= 0.6 is 11.3 Å². The number of ketones is 2. The summed E-state index contributed by atoms with van der Waals surface area (Å²) in [6.07, 6.45) is 0. The minimum absolute atomic E-state index is 0.197. The number of anilines is 1. The summed E-state index contributed by atoms with van der Waals surface area (Å²) in [5.41, 5.74) is 1.67. The highest BCUT2D eigenvalue weighted by Gasteiger charge is 2.24. The van der Waals surface area contributed by atoms with E-state index in [0.717, 1.165) is 11.3 Å². The van der Waals surface area contributed by atoms with E-state index < -0.39 is 11.7 Å². The zero-order valence-electron chi connectivity index (χ0n) is 12.1. The Kier molecular flexibility index (Phi) is 3.99. The number of hydrogen-bond donors (Lipinski definition) is 1. The third-order valence-electron chi connectivity index (χ3n) is 3.03. The minimum atomic E-state index is -0.793. The van der Waals surface area contributed by atoms with E-state index in [4.69, 9.17) is 0 Å². The molecule has 2 rings (SSSR count). The molecule has 0 radical (unpaired) electrons. The summed E-state index contributed by atoms with van der Waals surface area (Å²) < 4.78 is 1.55. The summed E-state index contributed by atoms with van der Waals surface area (Å²) in [5, 5.41) is 8.27. The number of nitrogens with one attached hydrogen (secondary N) is 1. The minimum Gasteiger partial charge on any atom is -0.295 e. The lowest BCUT2D eigenvalue weighted by atomic mass is 10.1. The van der Waals surface area contributed by atoms with Crippen molar-refractivity contribution in [3.8, 4) is 0 Å². The van der Waals surface area contributed by atoms with Crippen molar-refractivity contribution in [1.29, 1.82) is 0 Å². The van der Waals surface area contributed by atoms with E-state index in [1.54, 1.807) is 25.6 Å². The highest BCUT2D eigenvalue weighted by molar-refractivity contribution is 7.14. The zero-order valence-corrected chi connectivity index (χ0v) is 12.9. The highest BCUT2D eigenvalue weighted by Crippen LogP contribution is 2.17. The first-order valence-electron chi connectivity index (χ1n) is 6.13. The lowest BCUT2D eigenvalue weighted by Gasteiger charge is -2.01. The molecule has 8 heteroatoms. The van der Waals surface area contributed by atoms with Crippen molar-refractivity contribution in [2.45, 2.75) is 20.8 Å². The molecule has 0 fully saturated rings. The smallest absolute Gasteiger partial charge is 0.295 e. The van der Waals surface area contributed by atoms with Crippen LogP contribution in [0.2, 0.25) is 0 Å². The lowest BCUT2D eigenvalue weighted by molar-refractivity contribution is -0.112. The van der Waals surface area contributed by atoms with Gasteiger partial charge in [0.15, 0.2) is 10.9 Å². The van der Waals surface area contributed by atoms with Gasteiger partial charge in [-0.1, -0.05) is 0 Å². The molecule has 1 N–H and O–H groups in total. The Bertz CT molecular complexity index is 745. The normalized spacial score (nSPS) is 10.5. The average Bonchev–Trinajstić information content (AvgIpc) is 2.95. The van der Waals surface area contributed by atoms with Crippen LogP contribution < -0.4 is 5.32 Å². The van der Waals surface area contributed by atoms with E-state index in [9.17, 15) is 14.4 Å². The molecule has 2 aromatic rings. The van der Waals surface area contributed by atoms with Gasteiger partial charge < -0.3 is 0 Å². The van der Waals surface area contributed by atoms with E-state index in [0.29, 0.717) is 17.0 Å². The Hall–Kier alpha value is -2.35. The number of Topliss-reactive ketones (excluding diaryl/α,β-unsaturated/α-hetero) is 2. The molecular formula is C13H14N4O3S. The maximum Gasteiger partial charge on any atom is 0.298 e. The monoisotopic (exact) mass is 306 g/mol. The number of aromatic nitrogens is 3. The maximum atomic E-state index is 12.2. The lowest BCUT2D eigenvalue weighted by Crippen LogP contribution is -2.24. The fourth-order valence-corrected chi connectivity index (χ4v) is 2.61. The summed E-state index contributed by atoms with van der Waals surface area (Å²) >= 11 is 1.10. The molecule has 110 valence electrons. The molecule has 0 bridgehead atoms. The van der Waals surface area contributed by atoms with Gasteiger partial charge in [-0.05, 0) is 13.8 Å². The van der Waals surface area contributed by atoms with E-state index >= 15 is 0 Å². The van der Waals surface area contributed by atoms with E-state index in [1.165, 1.54) is 12.3 Å². The van der Waals surface area contributed by atoms with Crippen molar-refractivity contribution in [2.75, 3.05) is 5.32 Å². The predicted molar refractivity (Wildman–Crippen MR) is 77.8 cm³/mol. The molecule has 0 spiro atoms. The summed E-state index contributed by atoms with van der Waals surface area (Å²) in [4.78, 5) is 39.3. The van der Waals surface area contributed by atoms with Crippen LogP contribution in [0.5, 0.6) is 0 Å². The fourth-order valence-electron chi connectivity index (χ4n) is 1.86.